The van der Waals surface area contributed by atoms with Crippen LogP contribution in [0.2, 0.25) is 0 Å². The molecule has 100 valence electrons. The van der Waals surface area contributed by atoms with E-state index in [2.05, 4.69) is 15.9 Å². The standard InChI is InChI=1S/C13H10BrF2NO2/c1-18-13-6-12(10(16)5-11(13)17)19-7-2-3-8(14)9(15)4-7/h2-6H,17H2,1H3. The molecule has 0 heterocycles. The number of nitrogen functional groups attached to an aromatic ring is 1. The molecule has 0 saturated carbocycles. The maximum Gasteiger partial charge on any atom is 0.168 e. The average molecular weight is 330 g/mol. The minimum Gasteiger partial charge on any atom is -0.494 e. The summed E-state index contributed by atoms with van der Waals surface area (Å²) >= 11 is 3.02. The maximum absolute atomic E-state index is 13.7. The number of halogens is 3. The first-order chi connectivity index (χ1) is 9.01. The molecule has 0 aliphatic heterocycles. The van der Waals surface area contributed by atoms with Gasteiger partial charge in [0.15, 0.2) is 11.6 Å². The highest BCUT2D eigenvalue weighted by Crippen LogP contribution is 2.33. The molecule has 0 atom stereocenters. The van der Waals surface area contributed by atoms with Crippen molar-refractivity contribution in [3.05, 3.63) is 46.4 Å². The van der Waals surface area contributed by atoms with Gasteiger partial charge >= 0.3 is 0 Å². The van der Waals surface area contributed by atoms with E-state index in [1.54, 1.807) is 0 Å². The zero-order valence-corrected chi connectivity index (χ0v) is 11.5. The van der Waals surface area contributed by atoms with Crippen molar-refractivity contribution in [2.24, 2.45) is 0 Å². The fraction of sp³-hybridized carbons (Fsp3) is 0.0769. The second-order valence-electron chi connectivity index (χ2n) is 3.70. The molecule has 0 aromatic heterocycles. The summed E-state index contributed by atoms with van der Waals surface area (Å²) in [6, 6.07) is 6.52. The van der Waals surface area contributed by atoms with Gasteiger partial charge in [0.2, 0.25) is 0 Å². The predicted molar refractivity (Wildman–Crippen MR) is 71.5 cm³/mol. The van der Waals surface area contributed by atoms with Crippen LogP contribution in [0.3, 0.4) is 0 Å². The molecule has 0 aliphatic carbocycles. The van der Waals surface area contributed by atoms with Gasteiger partial charge in [0, 0.05) is 18.2 Å². The third-order valence-electron chi connectivity index (χ3n) is 2.40. The number of hydrogen-bond acceptors (Lipinski definition) is 3. The van der Waals surface area contributed by atoms with E-state index in [0.29, 0.717) is 4.47 Å². The van der Waals surface area contributed by atoms with Crippen molar-refractivity contribution in [2.75, 3.05) is 12.8 Å². The van der Waals surface area contributed by atoms with Crippen LogP contribution in [-0.4, -0.2) is 7.11 Å². The molecule has 0 amide bonds. The molecule has 0 saturated heterocycles. The summed E-state index contributed by atoms with van der Waals surface area (Å²) in [6.07, 6.45) is 0. The van der Waals surface area contributed by atoms with Crippen LogP contribution in [0, 0.1) is 11.6 Å². The van der Waals surface area contributed by atoms with E-state index < -0.39 is 11.6 Å². The van der Waals surface area contributed by atoms with E-state index in [0.717, 1.165) is 12.1 Å². The summed E-state index contributed by atoms with van der Waals surface area (Å²) in [5, 5.41) is 0. The molecule has 19 heavy (non-hydrogen) atoms. The molecule has 0 aliphatic rings. The summed E-state index contributed by atoms with van der Waals surface area (Å²) in [5.41, 5.74) is 5.71. The lowest BCUT2D eigenvalue weighted by Crippen LogP contribution is -1.96. The van der Waals surface area contributed by atoms with Gasteiger partial charge in [-0.1, -0.05) is 0 Å². The zero-order chi connectivity index (χ0) is 14.0. The average Bonchev–Trinajstić information content (AvgIpc) is 2.37. The maximum atomic E-state index is 13.7. The zero-order valence-electron chi connectivity index (χ0n) is 9.91. The number of hydrogen-bond donors (Lipinski definition) is 1. The Kier molecular flexibility index (Phi) is 3.90. The molecular weight excluding hydrogens is 320 g/mol. The SMILES string of the molecule is COc1cc(Oc2ccc(Br)c(F)c2)c(F)cc1N. The molecule has 0 bridgehead atoms. The monoisotopic (exact) mass is 329 g/mol. The smallest absolute Gasteiger partial charge is 0.168 e. The van der Waals surface area contributed by atoms with Crippen LogP contribution in [0.25, 0.3) is 0 Å². The van der Waals surface area contributed by atoms with E-state index in [9.17, 15) is 8.78 Å². The van der Waals surface area contributed by atoms with Crippen LogP contribution in [-0.2, 0) is 0 Å². The van der Waals surface area contributed by atoms with Crippen molar-refractivity contribution in [2.45, 2.75) is 0 Å². The fourth-order valence-corrected chi connectivity index (χ4v) is 1.72. The van der Waals surface area contributed by atoms with Crippen molar-refractivity contribution >= 4 is 21.6 Å². The Labute approximate surface area is 117 Å². The Hall–Kier alpha value is -1.82. The third-order valence-corrected chi connectivity index (χ3v) is 3.05. The van der Waals surface area contributed by atoms with Gasteiger partial charge in [0.1, 0.15) is 17.3 Å². The van der Waals surface area contributed by atoms with E-state index in [1.807, 2.05) is 0 Å². The van der Waals surface area contributed by atoms with Crippen LogP contribution in [0.4, 0.5) is 14.5 Å². The molecule has 0 spiro atoms. The number of nitrogens with two attached hydrogens (primary N) is 1. The minimum absolute atomic E-state index is 0.0900. The van der Waals surface area contributed by atoms with Gasteiger partial charge in [-0.15, -0.1) is 0 Å². The Balaban J connectivity index is 2.34. The molecule has 2 aromatic carbocycles. The third kappa shape index (κ3) is 2.96. The van der Waals surface area contributed by atoms with E-state index in [-0.39, 0.29) is 22.9 Å². The van der Waals surface area contributed by atoms with Crippen molar-refractivity contribution in [1.29, 1.82) is 0 Å². The number of benzene rings is 2. The summed E-state index contributed by atoms with van der Waals surface area (Å²) in [4.78, 5) is 0. The Bertz CT molecular complexity index is 620. The van der Waals surface area contributed by atoms with Gasteiger partial charge in [-0.25, -0.2) is 8.78 Å². The van der Waals surface area contributed by atoms with Crippen LogP contribution < -0.4 is 15.2 Å². The second kappa shape index (κ2) is 5.44. The normalized spacial score (nSPS) is 10.3. The van der Waals surface area contributed by atoms with Crippen LogP contribution in [0.15, 0.2) is 34.8 Å². The summed E-state index contributed by atoms with van der Waals surface area (Å²) in [7, 11) is 1.41. The Morgan fingerprint density at radius 2 is 1.79 bits per heavy atom. The van der Waals surface area contributed by atoms with Gasteiger partial charge in [-0.2, -0.15) is 0 Å². The lowest BCUT2D eigenvalue weighted by Gasteiger charge is -2.10. The van der Waals surface area contributed by atoms with Crippen LogP contribution in [0.5, 0.6) is 17.2 Å². The molecule has 0 radical (unpaired) electrons. The Morgan fingerprint density at radius 1 is 1.05 bits per heavy atom. The molecule has 0 fully saturated rings. The molecule has 0 unspecified atom stereocenters. The summed E-state index contributed by atoms with van der Waals surface area (Å²) in [5.74, 6) is -0.782. The van der Waals surface area contributed by atoms with Gasteiger partial charge in [0.25, 0.3) is 0 Å². The van der Waals surface area contributed by atoms with Crippen molar-refractivity contribution in [1.82, 2.24) is 0 Å². The molecule has 2 aromatic rings. The fourth-order valence-electron chi connectivity index (χ4n) is 1.47. The highest BCUT2D eigenvalue weighted by Gasteiger charge is 2.11. The van der Waals surface area contributed by atoms with Gasteiger partial charge in [-0.05, 0) is 28.1 Å². The van der Waals surface area contributed by atoms with Gasteiger partial charge in [0.05, 0.1) is 17.3 Å². The van der Waals surface area contributed by atoms with Crippen LogP contribution >= 0.6 is 15.9 Å². The number of rotatable bonds is 3. The first-order valence-corrected chi connectivity index (χ1v) is 6.06. The van der Waals surface area contributed by atoms with Crippen molar-refractivity contribution < 1.29 is 18.3 Å². The van der Waals surface area contributed by atoms with Crippen LogP contribution in [0.1, 0.15) is 0 Å². The van der Waals surface area contributed by atoms with Gasteiger partial charge in [-0.3, -0.25) is 0 Å². The highest BCUT2D eigenvalue weighted by atomic mass is 79.9. The van der Waals surface area contributed by atoms with Crippen molar-refractivity contribution in [3.8, 4) is 17.2 Å². The number of anilines is 1. The lowest BCUT2D eigenvalue weighted by molar-refractivity contribution is 0.402. The topological polar surface area (TPSA) is 44.5 Å². The second-order valence-corrected chi connectivity index (χ2v) is 4.56. The molecule has 2 N–H and O–H groups in total. The Morgan fingerprint density at radius 3 is 2.42 bits per heavy atom. The molecule has 3 nitrogen and oxygen atoms in total. The lowest BCUT2D eigenvalue weighted by atomic mass is 10.2. The number of methoxy groups -OCH3 is 1. The number of ether oxygens (including phenoxy) is 2. The first kappa shape index (κ1) is 13.6. The molecular formula is C13H10BrF2NO2. The van der Waals surface area contributed by atoms with E-state index in [1.165, 1.54) is 25.3 Å². The quantitative estimate of drug-likeness (QED) is 0.862. The molecule has 2 rings (SSSR count). The van der Waals surface area contributed by atoms with Gasteiger partial charge < -0.3 is 15.2 Å². The summed E-state index contributed by atoms with van der Waals surface area (Å²) < 4.78 is 37.5. The molecule has 6 heteroatoms. The highest BCUT2D eigenvalue weighted by molar-refractivity contribution is 9.10. The van der Waals surface area contributed by atoms with E-state index in [4.69, 9.17) is 15.2 Å². The van der Waals surface area contributed by atoms with Crippen molar-refractivity contribution in [3.63, 3.8) is 0 Å². The predicted octanol–water partition coefficient (Wildman–Crippen LogP) is 4.11. The van der Waals surface area contributed by atoms with E-state index >= 15 is 0 Å². The first-order valence-electron chi connectivity index (χ1n) is 5.27. The largest absolute Gasteiger partial charge is 0.494 e. The minimum atomic E-state index is -0.651. The summed E-state index contributed by atoms with van der Waals surface area (Å²) in [6.45, 7) is 0.